The lowest BCUT2D eigenvalue weighted by Gasteiger charge is -2.26. The highest BCUT2D eigenvalue weighted by Gasteiger charge is 2.28. The molecule has 0 aliphatic carbocycles. The summed E-state index contributed by atoms with van der Waals surface area (Å²) in [6.45, 7) is 28.5. The maximum Gasteiger partial charge on any atom is 0.335 e. The molecule has 12 rings (SSSR count). The lowest BCUT2D eigenvalue weighted by molar-refractivity contribution is -0.144. The van der Waals surface area contributed by atoms with Gasteiger partial charge in [0.1, 0.15) is 24.2 Å². The van der Waals surface area contributed by atoms with Gasteiger partial charge in [-0.1, -0.05) is 146 Å². The van der Waals surface area contributed by atoms with E-state index in [1.54, 1.807) is 104 Å². The zero-order valence-electron chi connectivity index (χ0n) is 75.2. The summed E-state index contributed by atoms with van der Waals surface area (Å²) in [5.41, 5.74) is 30.3. The number of morpholine rings is 4. The van der Waals surface area contributed by atoms with Crippen molar-refractivity contribution in [2.45, 2.75) is 126 Å². The average Bonchev–Trinajstić information content (AvgIpc) is 0.837. The lowest BCUT2D eigenvalue weighted by Crippen LogP contribution is -2.54. The quantitative estimate of drug-likeness (QED) is 0.0212. The molecule has 0 saturated carbocycles. The first-order valence-electron chi connectivity index (χ1n) is 42.7. The number of benzene rings is 8. The number of nitrogens with one attached hydrogen (secondary N) is 4. The Kier molecular flexibility index (Phi) is 53.3. The van der Waals surface area contributed by atoms with E-state index in [0.717, 1.165) is 176 Å². The zero-order chi connectivity index (χ0) is 92.3. The molecule has 6 atom stereocenters. The smallest absolute Gasteiger partial charge is 0.335 e. The number of rotatable bonds is 23. The van der Waals surface area contributed by atoms with Crippen LogP contribution in [0.4, 0.5) is 0 Å². The minimum atomic E-state index is -1.16. The largest absolute Gasteiger partial charge is 0.480 e. The molecule has 12 N–H and O–H groups in total. The number of nitrogens with two attached hydrogens (primary N) is 3. The van der Waals surface area contributed by atoms with Crippen molar-refractivity contribution in [2.75, 3.05) is 126 Å². The third-order valence-corrected chi connectivity index (χ3v) is 20.9. The molecule has 0 unspecified atom stereocenters. The number of carbonyl (C=O) groups excluding carboxylic acids is 6. The average molecular weight is 1860 g/mol. The number of hydrogen-bond acceptors (Lipinski definition) is 21. The number of esters is 2. The second kappa shape index (κ2) is 61.6. The number of methoxy groups -OCH3 is 2. The van der Waals surface area contributed by atoms with Gasteiger partial charge in [-0.05, 0) is 194 Å². The monoisotopic (exact) mass is 1860 g/mol. The first-order valence-corrected chi connectivity index (χ1v) is 42.7. The van der Waals surface area contributed by atoms with Crippen LogP contribution in [0, 0.1) is 59.2 Å². The molecule has 4 amide bonds. The Morgan fingerprint density at radius 2 is 0.556 bits per heavy atom. The predicted octanol–water partition coefficient (Wildman–Crippen LogP) is 10.9. The molecule has 27 nitrogen and oxygen atoms in total. The Balaban J connectivity index is 0.000000439. The minimum Gasteiger partial charge on any atom is -0.480 e. The third kappa shape index (κ3) is 40.9. The van der Waals surface area contributed by atoms with Crippen LogP contribution in [-0.2, 0) is 73.8 Å². The van der Waals surface area contributed by atoms with Crippen LogP contribution in [-0.4, -0.2) is 240 Å². The molecule has 4 aliphatic rings. The molecule has 133 heavy (non-hydrogen) atoms. The van der Waals surface area contributed by atoms with E-state index < -0.39 is 60.1 Å². The first kappa shape index (κ1) is 115. The van der Waals surface area contributed by atoms with E-state index in [1.165, 1.54) is 50.4 Å². The molecule has 0 bridgehead atoms. The van der Waals surface area contributed by atoms with Crippen molar-refractivity contribution < 1.29 is 77.0 Å². The SMILES string of the molecule is C.C.C.CNC(=O)[C@@H](NC(=O)c1ccc(C#Cc2ccc(CN3CCOCC3)cc2)cc1)[C@@H](C)N.COC(=O)[C@@H](N)C(C)C.COC(=O)[C@@H](NC(=O)c1ccc(C#Cc2ccc(CN3CCOCC3)cc2)cc1)C(C)C.C[C@@H](N)[C@H](NC(=O)c1ccc(C#Cc2ccc(CN3CCOCC3)cc2)cc1)C(=O)O.Cl.Cl.O=C(O)c1ccc(C#Cc2ccc(CN3CCOCC3)cc2)cc1. The number of carboxylic acids is 2. The summed E-state index contributed by atoms with van der Waals surface area (Å²) in [6, 6.07) is 55.9. The number of hydrogen-bond donors (Lipinski definition) is 9. The van der Waals surface area contributed by atoms with Gasteiger partial charge in [0.25, 0.3) is 17.7 Å². The van der Waals surface area contributed by atoms with E-state index in [0.29, 0.717) is 16.7 Å². The summed E-state index contributed by atoms with van der Waals surface area (Å²) in [5, 5.41) is 28.4. The van der Waals surface area contributed by atoms with Gasteiger partial charge in [-0.25, -0.2) is 14.4 Å². The maximum atomic E-state index is 12.5. The second-order valence-corrected chi connectivity index (χ2v) is 31.5. The minimum absolute atomic E-state index is 0. The number of likely N-dealkylation sites (N-methyl/N-ethyl adjacent to an activating group) is 1. The van der Waals surface area contributed by atoms with Crippen molar-refractivity contribution >= 4 is 72.3 Å². The normalized spacial score (nSPS) is 14.6. The summed E-state index contributed by atoms with van der Waals surface area (Å²) >= 11 is 0. The molecule has 29 heteroatoms. The summed E-state index contributed by atoms with van der Waals surface area (Å²) in [6.07, 6.45) is 0. The van der Waals surface area contributed by atoms with Crippen LogP contribution < -0.4 is 38.5 Å². The van der Waals surface area contributed by atoms with Crippen LogP contribution in [0.25, 0.3) is 0 Å². The van der Waals surface area contributed by atoms with Crippen molar-refractivity contribution in [3.63, 3.8) is 0 Å². The predicted molar refractivity (Wildman–Crippen MR) is 526 cm³/mol. The molecule has 714 valence electrons. The van der Waals surface area contributed by atoms with Crippen molar-refractivity contribution in [2.24, 2.45) is 29.0 Å². The molecule has 8 aromatic rings. The van der Waals surface area contributed by atoms with E-state index in [9.17, 15) is 38.4 Å². The Hall–Kier alpha value is -12.1. The van der Waals surface area contributed by atoms with Gasteiger partial charge in [0, 0.05) is 159 Å². The van der Waals surface area contributed by atoms with Gasteiger partial charge in [-0.15, -0.1) is 24.8 Å². The van der Waals surface area contributed by atoms with Crippen molar-refractivity contribution in [3.05, 3.63) is 283 Å². The van der Waals surface area contributed by atoms with Gasteiger partial charge in [0.15, 0.2) is 0 Å². The number of nitrogens with zero attached hydrogens (tertiary/aromatic N) is 4. The fourth-order valence-electron chi connectivity index (χ4n) is 12.9. The van der Waals surface area contributed by atoms with E-state index in [4.69, 9.17) is 51.1 Å². The Morgan fingerprint density at radius 1 is 0.338 bits per heavy atom. The Labute approximate surface area is 797 Å². The fraction of sp³-hybridized carbons (Fsp3) is 0.385. The molecule has 4 fully saturated rings. The highest BCUT2D eigenvalue weighted by atomic mass is 35.5. The van der Waals surface area contributed by atoms with Crippen molar-refractivity contribution in [1.82, 2.24) is 40.9 Å². The van der Waals surface area contributed by atoms with E-state index in [2.05, 4.69) is 141 Å². The molecular weight excluding hydrogens is 1730 g/mol. The highest BCUT2D eigenvalue weighted by Crippen LogP contribution is 2.18. The number of carboxylic acid groups (broad SMARTS) is 2. The molecule has 0 spiro atoms. The van der Waals surface area contributed by atoms with Gasteiger partial charge in [0.05, 0.1) is 72.6 Å². The lowest BCUT2D eigenvalue weighted by atomic mass is 10.0. The van der Waals surface area contributed by atoms with Crippen molar-refractivity contribution in [3.8, 4) is 47.4 Å². The van der Waals surface area contributed by atoms with Gasteiger partial charge in [-0.3, -0.25) is 43.6 Å². The number of ether oxygens (including phenoxy) is 6. The number of amides is 4. The Morgan fingerprint density at radius 3 is 0.744 bits per heavy atom. The van der Waals surface area contributed by atoms with Crippen LogP contribution in [0.1, 0.15) is 172 Å². The Bertz CT molecular complexity index is 4990. The van der Waals surface area contributed by atoms with Gasteiger partial charge in [-0.2, -0.15) is 0 Å². The van der Waals surface area contributed by atoms with Gasteiger partial charge >= 0.3 is 23.9 Å². The molecule has 4 aliphatic heterocycles. The zero-order valence-corrected chi connectivity index (χ0v) is 76.8. The summed E-state index contributed by atoms with van der Waals surface area (Å²) in [7, 11) is 4.16. The van der Waals surface area contributed by atoms with E-state index >= 15 is 0 Å². The molecule has 8 aromatic carbocycles. The van der Waals surface area contributed by atoms with E-state index in [-0.39, 0.29) is 88.2 Å². The number of aromatic carboxylic acids is 1. The maximum absolute atomic E-state index is 12.5. The third-order valence-electron chi connectivity index (χ3n) is 20.9. The van der Waals surface area contributed by atoms with Crippen LogP contribution in [0.5, 0.6) is 0 Å². The summed E-state index contributed by atoms with van der Waals surface area (Å²) < 4.78 is 30.7. The molecular formula is C104H133Cl2N11O16. The topological polar surface area (TPSA) is 372 Å². The molecule has 0 aromatic heterocycles. The fourth-order valence-corrected chi connectivity index (χ4v) is 12.9. The highest BCUT2D eigenvalue weighted by molar-refractivity contribution is 5.99. The van der Waals surface area contributed by atoms with Crippen LogP contribution >= 0.6 is 24.8 Å². The van der Waals surface area contributed by atoms with Crippen LogP contribution in [0.2, 0.25) is 0 Å². The summed E-state index contributed by atoms with van der Waals surface area (Å²) in [5.74, 6) is 20.7. The number of aliphatic carboxylic acids is 1. The second-order valence-electron chi connectivity index (χ2n) is 31.5. The standard InChI is InChI=1S/C26H30N2O4.C25H30N4O3.C24H27N3O4.C20H19NO3.C6H13NO2.3CH4.2ClH/c1-19(2)24(26(30)31-3)27-25(29)23-12-10-21(11-13-23)5-4-20-6-8-22(9-7-20)18-28-14-16-32-17-15-28;1-18(26)23(25(31)27-2)28-24(30)22-11-9-20(10-12-22)4-3-19-5-7-21(8-6-19)17-29-13-15-32-16-14-29;1-17(25)22(24(29)30)26-23(28)21-10-8-19(9-11-21)3-2-18-4-6-20(7-5-18)16-27-12-14-31-15-13-27;22-20(23)19-9-7-17(8-10-19)2-1-16-3-5-18(6-4-16)15-21-11-13-24-14-12-21;1-4(2)5(7)6(8)9-3;;;;;/h6-13,19,24H,14-18H2,1-3H3,(H,27,29);5-12,18,23H,13-17,26H2,1-2H3,(H,27,31)(H,28,30);4-11,17,22H,12-16,25H2,1H3,(H,26,28)(H,29,30);3-10H,11-15H2,(H,22,23);4-5H,7H2,1-3H3;3*1H4;2*1H/t24-;18-,23+;17-,22+;;5-;;;;;/m011.0...../s1. The molecule has 4 heterocycles. The number of carbonyl (C=O) groups is 8. The molecule has 4 saturated heterocycles. The van der Waals surface area contributed by atoms with Crippen molar-refractivity contribution in [1.29, 1.82) is 0 Å². The first-order chi connectivity index (χ1) is 61.6. The van der Waals surface area contributed by atoms with Crippen LogP contribution in [0.3, 0.4) is 0 Å². The van der Waals surface area contributed by atoms with Crippen LogP contribution in [0.15, 0.2) is 194 Å². The van der Waals surface area contributed by atoms with Gasteiger partial charge < -0.3 is 77.1 Å². The van der Waals surface area contributed by atoms with E-state index in [1.807, 2.05) is 76.2 Å². The number of halogens is 2. The molecule has 0 radical (unpaired) electrons. The summed E-state index contributed by atoms with van der Waals surface area (Å²) in [4.78, 5) is 103. The van der Waals surface area contributed by atoms with Gasteiger partial charge in [0.2, 0.25) is 5.91 Å².